The molecule has 27 heavy (non-hydrogen) atoms. The van der Waals surface area contributed by atoms with Gasteiger partial charge in [0, 0.05) is 31.5 Å². The molecule has 3 aliphatic rings. The van der Waals surface area contributed by atoms with E-state index in [0.29, 0.717) is 25.6 Å². The molecule has 1 aliphatic carbocycles. The van der Waals surface area contributed by atoms with Gasteiger partial charge in [-0.1, -0.05) is 43.2 Å². The van der Waals surface area contributed by atoms with E-state index in [9.17, 15) is 9.59 Å². The summed E-state index contributed by atoms with van der Waals surface area (Å²) in [5, 5.41) is 0. The highest BCUT2D eigenvalue weighted by Gasteiger charge is 2.43. The van der Waals surface area contributed by atoms with Crippen molar-refractivity contribution in [2.24, 2.45) is 17.6 Å². The summed E-state index contributed by atoms with van der Waals surface area (Å²) >= 11 is 0. The van der Waals surface area contributed by atoms with Gasteiger partial charge in [-0.15, -0.1) is 0 Å². The molecule has 146 valence electrons. The summed E-state index contributed by atoms with van der Waals surface area (Å²) in [7, 11) is 0. The smallest absolute Gasteiger partial charge is 0.245 e. The van der Waals surface area contributed by atoms with Crippen LogP contribution in [0, 0.1) is 11.8 Å². The fourth-order valence-electron chi connectivity index (χ4n) is 5.27. The predicted octanol–water partition coefficient (Wildman–Crippen LogP) is 2.37. The van der Waals surface area contributed by atoms with Crippen LogP contribution in [0.4, 0.5) is 0 Å². The van der Waals surface area contributed by atoms with E-state index in [-0.39, 0.29) is 29.7 Å². The Bertz CT molecular complexity index is 671. The average Bonchev–Trinajstić information content (AvgIpc) is 3.47. The van der Waals surface area contributed by atoms with Gasteiger partial charge >= 0.3 is 0 Å². The summed E-state index contributed by atoms with van der Waals surface area (Å²) in [5.41, 5.74) is 7.29. The van der Waals surface area contributed by atoms with E-state index < -0.39 is 0 Å². The molecule has 2 N–H and O–H groups in total. The van der Waals surface area contributed by atoms with Gasteiger partial charge in [-0.2, -0.15) is 0 Å². The monoisotopic (exact) mass is 369 g/mol. The summed E-state index contributed by atoms with van der Waals surface area (Å²) in [6, 6.07) is 10.1. The molecule has 0 radical (unpaired) electrons. The number of nitrogens with zero attached hydrogens (tertiary/aromatic N) is 2. The number of rotatable bonds is 4. The van der Waals surface area contributed by atoms with Crippen molar-refractivity contribution in [2.75, 3.05) is 26.2 Å². The first-order valence-corrected chi connectivity index (χ1v) is 10.5. The number of hydrogen-bond donors (Lipinski definition) is 1. The maximum atomic E-state index is 13.3. The van der Waals surface area contributed by atoms with Crippen molar-refractivity contribution in [1.82, 2.24) is 9.80 Å². The Labute approximate surface area is 161 Å². The number of benzene rings is 1. The van der Waals surface area contributed by atoms with Crippen LogP contribution in [0.25, 0.3) is 0 Å². The molecule has 1 aromatic carbocycles. The molecule has 3 atom stereocenters. The van der Waals surface area contributed by atoms with Crippen molar-refractivity contribution in [3.8, 4) is 0 Å². The van der Waals surface area contributed by atoms with E-state index >= 15 is 0 Å². The van der Waals surface area contributed by atoms with Gasteiger partial charge in [0.25, 0.3) is 0 Å². The third-order valence-electron chi connectivity index (χ3n) is 6.81. The van der Waals surface area contributed by atoms with Crippen molar-refractivity contribution < 1.29 is 9.59 Å². The lowest BCUT2D eigenvalue weighted by atomic mass is 9.89. The van der Waals surface area contributed by atoms with Crippen LogP contribution in [0.2, 0.25) is 0 Å². The van der Waals surface area contributed by atoms with Crippen LogP contribution in [-0.2, 0) is 9.59 Å². The molecule has 5 nitrogen and oxygen atoms in total. The zero-order valence-electron chi connectivity index (χ0n) is 16.1. The van der Waals surface area contributed by atoms with Gasteiger partial charge in [0.1, 0.15) is 6.04 Å². The molecular weight excluding hydrogens is 338 g/mol. The number of likely N-dealkylation sites (tertiary alicyclic amines) is 2. The number of nitrogens with two attached hydrogens (primary N) is 1. The van der Waals surface area contributed by atoms with E-state index in [0.717, 1.165) is 45.1 Å². The Morgan fingerprint density at radius 2 is 1.70 bits per heavy atom. The average molecular weight is 370 g/mol. The van der Waals surface area contributed by atoms with Crippen LogP contribution in [-0.4, -0.2) is 53.8 Å². The summed E-state index contributed by atoms with van der Waals surface area (Å²) in [5.74, 6) is 1.08. The van der Waals surface area contributed by atoms with Crippen molar-refractivity contribution in [2.45, 2.75) is 50.5 Å². The van der Waals surface area contributed by atoms with Crippen molar-refractivity contribution in [1.29, 1.82) is 0 Å². The highest BCUT2D eigenvalue weighted by Crippen LogP contribution is 2.35. The van der Waals surface area contributed by atoms with Crippen LogP contribution in [0.1, 0.15) is 50.0 Å². The molecule has 2 heterocycles. The molecule has 4 rings (SSSR count). The first-order valence-electron chi connectivity index (χ1n) is 10.5. The van der Waals surface area contributed by atoms with Crippen LogP contribution in [0.15, 0.2) is 30.3 Å². The maximum Gasteiger partial charge on any atom is 0.245 e. The van der Waals surface area contributed by atoms with Gasteiger partial charge in [-0.3, -0.25) is 9.59 Å². The Morgan fingerprint density at radius 3 is 2.41 bits per heavy atom. The number of carbonyl (C=O) groups is 2. The lowest BCUT2D eigenvalue weighted by molar-refractivity contribution is -0.145. The molecule has 0 bridgehead atoms. The van der Waals surface area contributed by atoms with Gasteiger partial charge in [-0.05, 0) is 43.7 Å². The second-order valence-electron chi connectivity index (χ2n) is 8.43. The minimum absolute atomic E-state index is 0.135. The second kappa shape index (κ2) is 8.01. The number of amides is 2. The van der Waals surface area contributed by atoms with Crippen molar-refractivity contribution >= 4 is 11.8 Å². The zero-order valence-corrected chi connectivity index (χ0v) is 16.1. The van der Waals surface area contributed by atoms with Gasteiger partial charge in [0.15, 0.2) is 0 Å². The lowest BCUT2D eigenvalue weighted by Crippen LogP contribution is -2.48. The Balaban J connectivity index is 1.46. The molecule has 1 unspecified atom stereocenters. The van der Waals surface area contributed by atoms with E-state index in [4.69, 9.17) is 5.73 Å². The third-order valence-corrected chi connectivity index (χ3v) is 6.81. The standard InChI is InChI=1S/C22H31N3O2/c23-13-18-14-24(15-19(18)16-7-2-1-3-8-16)22(27)20-11-6-12-25(20)21(26)17-9-4-5-10-17/h1-3,7-8,17-20H,4-6,9-15,23H2/t18-,19+,20?/m1/s1. The lowest BCUT2D eigenvalue weighted by Gasteiger charge is -2.30. The molecule has 2 saturated heterocycles. The quantitative estimate of drug-likeness (QED) is 0.886. The topological polar surface area (TPSA) is 66.6 Å². The first-order chi connectivity index (χ1) is 13.2. The van der Waals surface area contributed by atoms with Crippen molar-refractivity contribution in [3.63, 3.8) is 0 Å². The molecule has 3 fully saturated rings. The van der Waals surface area contributed by atoms with E-state index in [1.807, 2.05) is 28.0 Å². The minimum Gasteiger partial charge on any atom is -0.340 e. The molecule has 1 saturated carbocycles. The van der Waals surface area contributed by atoms with E-state index in [1.54, 1.807) is 0 Å². The minimum atomic E-state index is -0.258. The largest absolute Gasteiger partial charge is 0.340 e. The second-order valence-corrected chi connectivity index (χ2v) is 8.43. The SMILES string of the molecule is NC[C@@H]1CN(C(=O)C2CCCN2C(=O)C2CCCC2)C[C@H]1c1ccccc1. The summed E-state index contributed by atoms with van der Waals surface area (Å²) in [6.45, 7) is 2.74. The van der Waals surface area contributed by atoms with Crippen LogP contribution in [0.5, 0.6) is 0 Å². The van der Waals surface area contributed by atoms with Gasteiger partial charge in [0.05, 0.1) is 0 Å². The van der Waals surface area contributed by atoms with Crippen molar-refractivity contribution in [3.05, 3.63) is 35.9 Å². The number of carbonyl (C=O) groups excluding carboxylic acids is 2. The molecule has 1 aromatic rings. The molecular formula is C22H31N3O2. The summed E-state index contributed by atoms with van der Waals surface area (Å²) < 4.78 is 0. The van der Waals surface area contributed by atoms with Gasteiger partial charge in [0.2, 0.25) is 11.8 Å². The number of hydrogen-bond acceptors (Lipinski definition) is 3. The normalized spacial score (nSPS) is 28.9. The zero-order chi connectivity index (χ0) is 18.8. The summed E-state index contributed by atoms with van der Waals surface area (Å²) in [4.78, 5) is 30.1. The molecule has 2 aliphatic heterocycles. The highest BCUT2D eigenvalue weighted by molar-refractivity contribution is 5.89. The fourth-order valence-corrected chi connectivity index (χ4v) is 5.27. The molecule has 5 heteroatoms. The Morgan fingerprint density at radius 1 is 0.963 bits per heavy atom. The maximum absolute atomic E-state index is 13.3. The Hall–Kier alpha value is -1.88. The molecule has 0 spiro atoms. The Kier molecular flexibility index (Phi) is 5.48. The van der Waals surface area contributed by atoms with Gasteiger partial charge in [-0.25, -0.2) is 0 Å². The molecule has 2 amide bonds. The van der Waals surface area contributed by atoms with Crippen LogP contribution in [0.3, 0.4) is 0 Å². The summed E-state index contributed by atoms with van der Waals surface area (Å²) in [6.07, 6.45) is 6.01. The van der Waals surface area contributed by atoms with E-state index in [2.05, 4.69) is 12.1 Å². The van der Waals surface area contributed by atoms with Crippen LogP contribution >= 0.6 is 0 Å². The third kappa shape index (κ3) is 3.62. The highest BCUT2D eigenvalue weighted by atomic mass is 16.2. The first kappa shape index (κ1) is 18.5. The molecule has 0 aromatic heterocycles. The van der Waals surface area contributed by atoms with Crippen LogP contribution < -0.4 is 5.73 Å². The van der Waals surface area contributed by atoms with Gasteiger partial charge < -0.3 is 15.5 Å². The fraction of sp³-hybridized carbons (Fsp3) is 0.636. The van der Waals surface area contributed by atoms with E-state index in [1.165, 1.54) is 5.56 Å². The predicted molar refractivity (Wildman–Crippen MR) is 105 cm³/mol.